The summed E-state index contributed by atoms with van der Waals surface area (Å²) in [7, 11) is 5.26. The number of quaternary nitrogens is 1. The lowest BCUT2D eigenvalue weighted by Crippen LogP contribution is -2.46. The van der Waals surface area contributed by atoms with Gasteiger partial charge in [0.15, 0.2) is 0 Å². The molecular formula is C29H65NP+. The molecule has 0 aliphatic rings. The number of hydrogen-bond donors (Lipinski definition) is 0. The van der Waals surface area contributed by atoms with E-state index >= 15 is 0 Å². The van der Waals surface area contributed by atoms with Crippen LogP contribution < -0.4 is 0 Å². The van der Waals surface area contributed by atoms with E-state index in [0.29, 0.717) is 0 Å². The summed E-state index contributed by atoms with van der Waals surface area (Å²) in [6.07, 6.45) is 29.8. The average molecular weight is 459 g/mol. The Morgan fingerprint density at radius 1 is 0.387 bits per heavy atom. The van der Waals surface area contributed by atoms with Gasteiger partial charge in [0.05, 0.1) is 26.7 Å². The summed E-state index contributed by atoms with van der Waals surface area (Å²) in [5, 5.41) is 0. The molecule has 1 nitrogen and oxygen atoms in total. The van der Waals surface area contributed by atoms with Crippen LogP contribution in [0.4, 0.5) is 0 Å². The Hall–Kier alpha value is 0.390. The summed E-state index contributed by atoms with van der Waals surface area (Å²) in [4.78, 5) is 0. The molecule has 0 spiro atoms. The van der Waals surface area contributed by atoms with E-state index in [4.69, 9.17) is 0 Å². The van der Waals surface area contributed by atoms with Crippen LogP contribution in [0.15, 0.2) is 0 Å². The summed E-state index contributed by atoms with van der Waals surface area (Å²) in [6.45, 7) is 13.4. The largest absolute Gasteiger partial charge is 0.326 e. The van der Waals surface area contributed by atoms with Crippen LogP contribution in [0, 0.1) is 0 Å². The minimum atomic E-state index is 1.26. The van der Waals surface area contributed by atoms with Gasteiger partial charge < -0.3 is 4.48 Å². The molecule has 0 N–H and O–H groups in total. The Morgan fingerprint density at radius 3 is 0.871 bits per heavy atom. The van der Waals surface area contributed by atoms with E-state index in [2.05, 4.69) is 44.0 Å². The summed E-state index contributed by atoms with van der Waals surface area (Å²) in [5.74, 6) is 0. The van der Waals surface area contributed by atoms with E-state index in [1.807, 2.05) is 0 Å². The molecule has 0 fully saturated rings. The van der Waals surface area contributed by atoms with E-state index in [1.54, 1.807) is 0 Å². The first-order valence-electron chi connectivity index (χ1n) is 14.6. The summed E-state index contributed by atoms with van der Waals surface area (Å²) >= 11 is 0. The van der Waals surface area contributed by atoms with Crippen molar-refractivity contribution in [3.8, 4) is 0 Å². The Bertz CT molecular complexity index is 262. The maximum absolute atomic E-state index is 2.70. The average Bonchev–Trinajstić information content (AvgIpc) is 2.77. The molecule has 0 aromatic heterocycles. The van der Waals surface area contributed by atoms with Crippen LogP contribution in [0.25, 0.3) is 0 Å². The predicted molar refractivity (Wildman–Crippen MR) is 150 cm³/mol. The quantitative estimate of drug-likeness (QED) is 0.0811. The third kappa shape index (κ3) is 28.4. The standard InChI is InChI=1S/C25H54N.C4H11P/c1-5-8-11-14-17-20-23-26(4,24-21-18-15-12-9-6-2)25-22-19-16-13-10-7-3;1-2-3-4-5/h5-25H2,1-4H3;2-5H2,1H3/q+1;. The zero-order chi connectivity index (χ0) is 23.5. The highest BCUT2D eigenvalue weighted by atomic mass is 31.0. The van der Waals surface area contributed by atoms with Gasteiger partial charge in [-0.15, -0.1) is 9.24 Å². The van der Waals surface area contributed by atoms with Crippen molar-refractivity contribution in [2.45, 2.75) is 156 Å². The summed E-state index contributed by atoms with van der Waals surface area (Å²) in [5.41, 5.74) is 0. The Balaban J connectivity index is 0. The summed E-state index contributed by atoms with van der Waals surface area (Å²) < 4.78 is 1.36. The number of hydrogen-bond acceptors (Lipinski definition) is 0. The van der Waals surface area contributed by atoms with Crippen LogP contribution in [0.5, 0.6) is 0 Å². The second-order valence-corrected chi connectivity index (χ2v) is 10.8. The number of rotatable bonds is 23. The molecule has 2 heteroatoms. The summed E-state index contributed by atoms with van der Waals surface area (Å²) in [6, 6.07) is 0. The normalized spacial score (nSPS) is 11.4. The predicted octanol–water partition coefficient (Wildman–Crippen LogP) is 10.2. The fourth-order valence-electron chi connectivity index (χ4n) is 4.36. The van der Waals surface area contributed by atoms with Crippen molar-refractivity contribution in [1.29, 1.82) is 0 Å². The number of nitrogens with zero attached hydrogens (tertiary/aromatic N) is 1. The first kappa shape index (κ1) is 33.6. The maximum Gasteiger partial charge on any atom is 0.0784 e. The Morgan fingerprint density at radius 2 is 0.645 bits per heavy atom. The van der Waals surface area contributed by atoms with Gasteiger partial charge in [-0.25, -0.2) is 0 Å². The zero-order valence-electron chi connectivity index (χ0n) is 23.0. The van der Waals surface area contributed by atoms with Gasteiger partial charge in [0.2, 0.25) is 0 Å². The first-order chi connectivity index (χ1) is 15.1. The molecular weight excluding hydrogens is 393 g/mol. The van der Waals surface area contributed by atoms with Crippen LogP contribution in [0.3, 0.4) is 0 Å². The van der Waals surface area contributed by atoms with Crippen molar-refractivity contribution in [3.63, 3.8) is 0 Å². The van der Waals surface area contributed by atoms with E-state index in [9.17, 15) is 0 Å². The molecule has 0 rings (SSSR count). The van der Waals surface area contributed by atoms with E-state index in [-0.39, 0.29) is 0 Å². The van der Waals surface area contributed by atoms with Gasteiger partial charge in [0.25, 0.3) is 0 Å². The van der Waals surface area contributed by atoms with Gasteiger partial charge in [0.1, 0.15) is 0 Å². The van der Waals surface area contributed by atoms with Crippen molar-refractivity contribution < 1.29 is 4.48 Å². The lowest BCUT2D eigenvalue weighted by Gasteiger charge is -2.35. The fraction of sp³-hybridized carbons (Fsp3) is 1.00. The van der Waals surface area contributed by atoms with Crippen molar-refractivity contribution in [1.82, 2.24) is 0 Å². The molecule has 0 bridgehead atoms. The van der Waals surface area contributed by atoms with Gasteiger partial charge in [-0.05, 0) is 44.7 Å². The maximum atomic E-state index is 2.70. The van der Waals surface area contributed by atoms with Crippen LogP contribution in [0.2, 0.25) is 0 Å². The SMILES string of the molecule is CCCCCCCC[N+](C)(CCCCCCCC)CCCCCCCC.CCCCP. The van der Waals surface area contributed by atoms with E-state index in [1.165, 1.54) is 159 Å². The van der Waals surface area contributed by atoms with Gasteiger partial charge in [-0.2, -0.15) is 0 Å². The monoisotopic (exact) mass is 458 g/mol. The topological polar surface area (TPSA) is 0 Å². The minimum absolute atomic E-state index is 1.26. The van der Waals surface area contributed by atoms with Crippen LogP contribution >= 0.6 is 9.24 Å². The highest BCUT2D eigenvalue weighted by Crippen LogP contribution is 2.16. The highest BCUT2D eigenvalue weighted by Gasteiger charge is 2.20. The van der Waals surface area contributed by atoms with Crippen LogP contribution in [-0.2, 0) is 0 Å². The van der Waals surface area contributed by atoms with Gasteiger partial charge in [-0.3, -0.25) is 0 Å². The molecule has 0 heterocycles. The van der Waals surface area contributed by atoms with Gasteiger partial charge in [-0.1, -0.05) is 118 Å². The van der Waals surface area contributed by atoms with E-state index in [0.717, 1.165) is 0 Å². The Kier molecular flexibility index (Phi) is 30.8. The zero-order valence-corrected chi connectivity index (χ0v) is 24.1. The van der Waals surface area contributed by atoms with Gasteiger partial charge in [0, 0.05) is 0 Å². The molecule has 0 aliphatic carbocycles. The smallest absolute Gasteiger partial charge is 0.0784 e. The third-order valence-corrected chi connectivity index (χ3v) is 7.12. The molecule has 31 heavy (non-hydrogen) atoms. The van der Waals surface area contributed by atoms with Gasteiger partial charge >= 0.3 is 0 Å². The van der Waals surface area contributed by atoms with Crippen molar-refractivity contribution in [2.24, 2.45) is 0 Å². The fourth-order valence-corrected chi connectivity index (χ4v) is 4.77. The first-order valence-corrected chi connectivity index (χ1v) is 15.4. The highest BCUT2D eigenvalue weighted by molar-refractivity contribution is 7.16. The minimum Gasteiger partial charge on any atom is -0.326 e. The lowest BCUT2D eigenvalue weighted by molar-refractivity contribution is -0.910. The molecule has 0 radical (unpaired) electrons. The van der Waals surface area contributed by atoms with Crippen LogP contribution in [-0.4, -0.2) is 37.3 Å². The molecule has 0 amide bonds. The second-order valence-electron chi connectivity index (χ2n) is 10.2. The van der Waals surface area contributed by atoms with E-state index < -0.39 is 0 Å². The molecule has 190 valence electrons. The molecule has 0 aliphatic heterocycles. The van der Waals surface area contributed by atoms with Crippen LogP contribution in [0.1, 0.15) is 156 Å². The number of unbranched alkanes of at least 4 members (excludes halogenated alkanes) is 16. The van der Waals surface area contributed by atoms with Crippen molar-refractivity contribution in [2.75, 3.05) is 32.8 Å². The Labute approximate surface area is 202 Å². The van der Waals surface area contributed by atoms with Crippen molar-refractivity contribution in [3.05, 3.63) is 0 Å². The molecule has 0 saturated carbocycles. The lowest BCUT2D eigenvalue weighted by atomic mass is 10.1. The molecule has 0 aromatic carbocycles. The molecule has 0 aromatic rings. The third-order valence-electron chi connectivity index (χ3n) is 6.71. The molecule has 1 unspecified atom stereocenters. The van der Waals surface area contributed by atoms with Crippen molar-refractivity contribution >= 4 is 9.24 Å². The molecule has 1 atom stereocenters. The second kappa shape index (κ2) is 28.4. The molecule has 0 saturated heterocycles.